The zero-order chi connectivity index (χ0) is 12.1. The van der Waals surface area contributed by atoms with Crippen LogP contribution in [0.4, 0.5) is 0 Å². The number of esters is 1. The van der Waals surface area contributed by atoms with Gasteiger partial charge in [0.15, 0.2) is 0 Å². The number of nitrogens with zero attached hydrogens (tertiary/aromatic N) is 1. The Morgan fingerprint density at radius 3 is 2.88 bits per heavy atom. The minimum absolute atomic E-state index is 0.204. The van der Waals surface area contributed by atoms with Crippen molar-refractivity contribution in [3.8, 4) is 9.85 Å². The first-order valence-electron chi connectivity index (χ1n) is 4.41. The summed E-state index contributed by atoms with van der Waals surface area (Å²) in [6.45, 7) is 2.42. The summed E-state index contributed by atoms with van der Waals surface area (Å²) in [6, 6.07) is 0. The minimum Gasteiger partial charge on any atom is -0.462 e. The van der Waals surface area contributed by atoms with E-state index in [1.165, 1.54) is 0 Å². The molecule has 0 bridgehead atoms. The van der Waals surface area contributed by atoms with Crippen LogP contribution in [0, 0.1) is 9.85 Å². The summed E-state index contributed by atoms with van der Waals surface area (Å²) in [5.74, 6) is 2.34. The predicted molar refractivity (Wildman–Crippen MR) is 72.2 cm³/mol. The monoisotopic (exact) mass is 371 g/mol. The number of aromatic nitrogens is 1. The third kappa shape index (κ3) is 3.06. The second-order valence-electron chi connectivity index (χ2n) is 2.77. The lowest BCUT2D eigenvalue weighted by atomic mass is 10.3. The molecule has 1 aromatic rings. The Hall–Kier alpha value is -0.380. The van der Waals surface area contributed by atoms with Crippen LogP contribution in [0.25, 0.3) is 0 Å². The number of hydrogen-bond donors (Lipinski definition) is 0. The van der Waals surface area contributed by atoms with Gasteiger partial charge in [-0.3, -0.25) is 0 Å². The van der Waals surface area contributed by atoms with Crippen LogP contribution in [0.1, 0.15) is 17.3 Å². The van der Waals surface area contributed by atoms with E-state index < -0.39 is 5.97 Å². The van der Waals surface area contributed by atoms with E-state index in [9.17, 15) is 4.79 Å². The van der Waals surface area contributed by atoms with Crippen molar-refractivity contribution >= 4 is 51.8 Å². The van der Waals surface area contributed by atoms with Gasteiger partial charge in [-0.25, -0.2) is 4.79 Å². The lowest BCUT2D eigenvalue weighted by Crippen LogP contribution is -2.04. The first-order chi connectivity index (χ1) is 7.61. The Morgan fingerprint density at radius 1 is 1.62 bits per heavy atom. The Kier molecular flexibility index (Phi) is 5.46. The van der Waals surface area contributed by atoms with Gasteiger partial charge in [-0.1, -0.05) is 29.1 Å². The van der Waals surface area contributed by atoms with Crippen LogP contribution in [0.2, 0.25) is 10.2 Å². The highest BCUT2D eigenvalue weighted by atomic mass is 127. The van der Waals surface area contributed by atoms with E-state index in [0.717, 1.165) is 0 Å². The molecule has 0 aliphatic heterocycles. The summed E-state index contributed by atoms with van der Waals surface area (Å²) in [5.41, 5.74) is 0.267. The number of halogens is 3. The summed E-state index contributed by atoms with van der Waals surface area (Å²) in [6.07, 6.45) is 1.55. The molecule has 1 heterocycles. The van der Waals surface area contributed by atoms with Gasteiger partial charge in [0.2, 0.25) is 0 Å². The molecule has 6 heteroatoms. The number of carbonyl (C=O) groups is 1. The second-order valence-corrected chi connectivity index (χ2v) is 4.04. The van der Waals surface area contributed by atoms with Gasteiger partial charge < -0.3 is 9.30 Å². The Labute approximate surface area is 117 Å². The molecule has 0 fully saturated rings. The predicted octanol–water partition coefficient (Wildman–Crippen LogP) is 3.37. The van der Waals surface area contributed by atoms with Crippen molar-refractivity contribution < 1.29 is 9.53 Å². The minimum atomic E-state index is -0.476. The standard InChI is InChI=1S/C10H8Cl2INO2/c1-2-16-10(15)7-6-14(5-3-4-13)9(12)8(7)11/h6H,2,5H2,1H3. The zero-order valence-electron chi connectivity index (χ0n) is 8.39. The van der Waals surface area contributed by atoms with Gasteiger partial charge in [-0.15, -0.1) is 0 Å². The number of hydrogen-bond acceptors (Lipinski definition) is 2. The third-order valence-electron chi connectivity index (χ3n) is 1.77. The summed E-state index contributed by atoms with van der Waals surface area (Å²) < 4.78 is 9.16. The molecule has 0 spiro atoms. The van der Waals surface area contributed by atoms with Crippen LogP contribution >= 0.6 is 45.8 Å². The molecule has 0 radical (unpaired) electrons. The molecule has 1 aromatic heterocycles. The Balaban J connectivity index is 3.02. The van der Waals surface area contributed by atoms with Crippen LogP contribution in [0.15, 0.2) is 6.20 Å². The van der Waals surface area contributed by atoms with Gasteiger partial charge in [0.05, 0.1) is 23.7 Å². The fourth-order valence-electron chi connectivity index (χ4n) is 1.09. The topological polar surface area (TPSA) is 31.2 Å². The van der Waals surface area contributed by atoms with Gasteiger partial charge in [0.25, 0.3) is 0 Å². The smallest absolute Gasteiger partial charge is 0.341 e. The maximum Gasteiger partial charge on any atom is 0.341 e. The summed E-state index contributed by atoms with van der Waals surface area (Å²) in [4.78, 5) is 11.5. The summed E-state index contributed by atoms with van der Waals surface area (Å²) in [7, 11) is 0. The Bertz CT molecular complexity index is 459. The van der Waals surface area contributed by atoms with Crippen molar-refractivity contribution in [3.63, 3.8) is 0 Å². The highest BCUT2D eigenvalue weighted by Crippen LogP contribution is 2.28. The summed E-state index contributed by atoms with van der Waals surface area (Å²) in [5, 5.41) is 0.499. The fraction of sp³-hybridized carbons (Fsp3) is 0.300. The van der Waals surface area contributed by atoms with Crippen LogP contribution in [-0.4, -0.2) is 17.1 Å². The molecular formula is C10H8Cl2INO2. The molecule has 3 nitrogen and oxygen atoms in total. The molecule has 0 aliphatic carbocycles. The van der Waals surface area contributed by atoms with Gasteiger partial charge in [0.1, 0.15) is 5.15 Å². The normalized spacial score (nSPS) is 9.50. The molecule has 1 rings (SSSR count). The third-order valence-corrected chi connectivity index (χ3v) is 3.03. The SMILES string of the molecule is CCOC(=O)c1cn(CC#CI)c(Cl)c1Cl. The van der Waals surface area contributed by atoms with E-state index in [1.54, 1.807) is 17.7 Å². The first kappa shape index (κ1) is 13.7. The summed E-state index contributed by atoms with van der Waals surface area (Å²) >= 11 is 13.8. The van der Waals surface area contributed by atoms with Gasteiger partial charge in [-0.05, 0) is 10.9 Å². The highest BCUT2D eigenvalue weighted by Gasteiger charge is 2.18. The van der Waals surface area contributed by atoms with Gasteiger partial charge in [-0.2, -0.15) is 0 Å². The van der Waals surface area contributed by atoms with Crippen molar-refractivity contribution in [1.82, 2.24) is 4.57 Å². The Morgan fingerprint density at radius 2 is 2.31 bits per heavy atom. The van der Waals surface area contributed by atoms with Crippen molar-refractivity contribution in [2.24, 2.45) is 0 Å². The quantitative estimate of drug-likeness (QED) is 0.463. The average molecular weight is 372 g/mol. The van der Waals surface area contributed by atoms with Crippen LogP contribution in [-0.2, 0) is 11.3 Å². The molecule has 0 amide bonds. The maximum absolute atomic E-state index is 11.5. The molecule has 0 N–H and O–H groups in total. The van der Waals surface area contributed by atoms with Crippen molar-refractivity contribution in [2.75, 3.05) is 6.61 Å². The largest absolute Gasteiger partial charge is 0.462 e. The zero-order valence-corrected chi connectivity index (χ0v) is 12.1. The molecule has 0 aromatic carbocycles. The molecule has 16 heavy (non-hydrogen) atoms. The molecule has 0 saturated heterocycles. The first-order valence-corrected chi connectivity index (χ1v) is 6.25. The van der Waals surface area contributed by atoms with E-state index >= 15 is 0 Å². The molecular weight excluding hydrogens is 364 g/mol. The molecule has 0 saturated carbocycles. The molecule has 0 atom stereocenters. The maximum atomic E-state index is 11.5. The van der Waals surface area contributed by atoms with Gasteiger partial charge >= 0.3 is 5.97 Å². The van der Waals surface area contributed by atoms with Crippen molar-refractivity contribution in [1.29, 1.82) is 0 Å². The molecule has 0 unspecified atom stereocenters. The van der Waals surface area contributed by atoms with Crippen molar-refractivity contribution in [3.05, 3.63) is 21.9 Å². The van der Waals surface area contributed by atoms with E-state index in [1.807, 2.05) is 22.6 Å². The van der Waals surface area contributed by atoms with Crippen molar-refractivity contribution in [2.45, 2.75) is 13.5 Å². The van der Waals surface area contributed by atoms with Crippen LogP contribution in [0.5, 0.6) is 0 Å². The number of ether oxygens (including phenoxy) is 1. The van der Waals surface area contributed by atoms with E-state index in [2.05, 4.69) is 9.85 Å². The van der Waals surface area contributed by atoms with Crippen LogP contribution in [0.3, 0.4) is 0 Å². The average Bonchev–Trinajstić information content (AvgIpc) is 2.54. The number of rotatable bonds is 3. The number of carbonyl (C=O) groups excluding carboxylic acids is 1. The van der Waals surface area contributed by atoms with E-state index in [-0.39, 0.29) is 10.6 Å². The molecule has 0 aliphatic rings. The van der Waals surface area contributed by atoms with E-state index in [0.29, 0.717) is 18.3 Å². The fourth-order valence-corrected chi connectivity index (χ4v) is 1.70. The second kappa shape index (κ2) is 6.38. The van der Waals surface area contributed by atoms with Gasteiger partial charge in [0, 0.05) is 28.8 Å². The lowest BCUT2D eigenvalue weighted by molar-refractivity contribution is 0.0526. The lowest BCUT2D eigenvalue weighted by Gasteiger charge is -1.98. The highest BCUT2D eigenvalue weighted by molar-refractivity contribution is 14.1. The van der Waals surface area contributed by atoms with Crippen LogP contribution < -0.4 is 0 Å². The van der Waals surface area contributed by atoms with E-state index in [4.69, 9.17) is 27.9 Å². The molecule has 86 valence electrons.